The standard InChI is InChI=1S/C30H31ClN4O3/c1-2-38-29(37)25-26(21-13-15-24(31)16-14-21)32-30(33-28(25)36)35-19-17-34(18-20-35)27(22-9-5-3-6-10-22)23-11-7-4-8-12-23/h3-16,25-27H,2,17-20H2,1H3,(H,32,33,36). The van der Waals surface area contributed by atoms with Gasteiger partial charge in [0.1, 0.15) is 6.04 Å². The van der Waals surface area contributed by atoms with Crippen molar-refractivity contribution in [3.63, 3.8) is 0 Å². The number of halogens is 1. The van der Waals surface area contributed by atoms with E-state index in [2.05, 4.69) is 63.6 Å². The van der Waals surface area contributed by atoms with Gasteiger partial charge in [0.25, 0.3) is 0 Å². The number of benzene rings is 3. The Morgan fingerprint density at radius 3 is 2.08 bits per heavy atom. The Balaban J connectivity index is 1.38. The quantitative estimate of drug-likeness (QED) is 0.376. The number of esters is 1. The van der Waals surface area contributed by atoms with E-state index < -0.39 is 23.8 Å². The third-order valence-corrected chi connectivity index (χ3v) is 7.31. The van der Waals surface area contributed by atoms with Crippen molar-refractivity contribution in [2.75, 3.05) is 32.8 Å². The summed E-state index contributed by atoms with van der Waals surface area (Å²) in [5, 5.41) is 3.46. The number of carbonyl (C=O) groups excluding carboxylic acids is 2. The summed E-state index contributed by atoms with van der Waals surface area (Å²) < 4.78 is 5.22. The van der Waals surface area contributed by atoms with Crippen molar-refractivity contribution in [3.05, 3.63) is 107 Å². The lowest BCUT2D eigenvalue weighted by Gasteiger charge is -2.42. The molecule has 1 fully saturated rings. The van der Waals surface area contributed by atoms with Crippen LogP contribution < -0.4 is 5.32 Å². The minimum Gasteiger partial charge on any atom is -0.465 e. The van der Waals surface area contributed by atoms with Crippen molar-refractivity contribution in [3.8, 4) is 0 Å². The van der Waals surface area contributed by atoms with E-state index in [0.29, 0.717) is 24.1 Å². The molecule has 0 aliphatic carbocycles. The van der Waals surface area contributed by atoms with Crippen LogP contribution in [0.25, 0.3) is 0 Å². The van der Waals surface area contributed by atoms with Crippen LogP contribution in [-0.2, 0) is 14.3 Å². The van der Waals surface area contributed by atoms with Crippen molar-refractivity contribution in [2.24, 2.45) is 10.9 Å². The molecular formula is C30H31ClN4O3. The van der Waals surface area contributed by atoms with E-state index in [1.165, 1.54) is 11.1 Å². The highest BCUT2D eigenvalue weighted by Gasteiger charge is 2.42. The number of nitrogens with zero attached hydrogens (tertiary/aromatic N) is 3. The molecule has 2 aliphatic heterocycles. The molecule has 0 aromatic heterocycles. The number of amides is 1. The van der Waals surface area contributed by atoms with Crippen molar-refractivity contribution >= 4 is 29.4 Å². The van der Waals surface area contributed by atoms with Crippen LogP contribution in [0.5, 0.6) is 0 Å². The molecule has 3 aromatic rings. The maximum absolute atomic E-state index is 13.2. The van der Waals surface area contributed by atoms with Crippen LogP contribution in [0.2, 0.25) is 5.02 Å². The van der Waals surface area contributed by atoms with Gasteiger partial charge in [0.05, 0.1) is 12.6 Å². The molecule has 196 valence electrons. The monoisotopic (exact) mass is 530 g/mol. The van der Waals surface area contributed by atoms with Gasteiger partial charge in [0.15, 0.2) is 5.92 Å². The molecule has 2 heterocycles. The van der Waals surface area contributed by atoms with E-state index in [-0.39, 0.29) is 12.6 Å². The smallest absolute Gasteiger partial charge is 0.321 e. The van der Waals surface area contributed by atoms with Crippen LogP contribution in [0.3, 0.4) is 0 Å². The van der Waals surface area contributed by atoms with Gasteiger partial charge >= 0.3 is 5.97 Å². The molecule has 2 unspecified atom stereocenters. The van der Waals surface area contributed by atoms with Gasteiger partial charge in [-0.2, -0.15) is 0 Å². The first-order chi connectivity index (χ1) is 18.5. The van der Waals surface area contributed by atoms with Crippen LogP contribution in [0, 0.1) is 5.92 Å². The molecule has 0 spiro atoms. The largest absolute Gasteiger partial charge is 0.465 e. The van der Waals surface area contributed by atoms with Crippen LogP contribution in [-0.4, -0.2) is 60.4 Å². The lowest BCUT2D eigenvalue weighted by atomic mass is 9.91. The summed E-state index contributed by atoms with van der Waals surface area (Å²) in [4.78, 5) is 35.4. The van der Waals surface area contributed by atoms with Crippen LogP contribution in [0.15, 0.2) is 89.9 Å². The zero-order valence-electron chi connectivity index (χ0n) is 21.3. The third kappa shape index (κ3) is 5.59. The number of ether oxygens (including phenoxy) is 1. The van der Waals surface area contributed by atoms with Crippen LogP contribution in [0.4, 0.5) is 0 Å². The summed E-state index contributed by atoms with van der Waals surface area (Å²) in [6, 6.07) is 27.6. The van der Waals surface area contributed by atoms with Gasteiger partial charge < -0.3 is 9.64 Å². The topological polar surface area (TPSA) is 74.2 Å². The first kappa shape index (κ1) is 25.9. The normalized spacial score (nSPS) is 20.1. The SMILES string of the molecule is CCOC(=O)C1C(=O)NC(N2CCN(C(c3ccccc3)c3ccccc3)CC2)=NC1c1ccc(Cl)cc1. The molecule has 38 heavy (non-hydrogen) atoms. The predicted octanol–water partition coefficient (Wildman–Crippen LogP) is 4.45. The zero-order chi connectivity index (χ0) is 26.5. The Bertz CT molecular complexity index is 1240. The van der Waals surface area contributed by atoms with Gasteiger partial charge in [-0.15, -0.1) is 0 Å². The van der Waals surface area contributed by atoms with Gasteiger partial charge in [-0.05, 0) is 35.7 Å². The lowest BCUT2D eigenvalue weighted by molar-refractivity contribution is -0.153. The highest BCUT2D eigenvalue weighted by atomic mass is 35.5. The predicted molar refractivity (Wildman–Crippen MR) is 148 cm³/mol. The molecule has 0 radical (unpaired) electrons. The number of hydrogen-bond donors (Lipinski definition) is 1. The summed E-state index contributed by atoms with van der Waals surface area (Å²) in [6.45, 7) is 4.87. The van der Waals surface area contributed by atoms with Gasteiger partial charge in [-0.25, -0.2) is 4.99 Å². The fourth-order valence-electron chi connectivity index (χ4n) is 5.20. The second kappa shape index (κ2) is 11.8. The maximum Gasteiger partial charge on any atom is 0.321 e. The number of nitrogens with one attached hydrogen (secondary N) is 1. The Kier molecular flexibility index (Phi) is 8.05. The van der Waals surface area contributed by atoms with E-state index in [4.69, 9.17) is 21.3 Å². The lowest BCUT2D eigenvalue weighted by Crippen LogP contribution is -2.57. The molecule has 1 amide bonds. The number of rotatable bonds is 6. The minimum atomic E-state index is -1.05. The first-order valence-electron chi connectivity index (χ1n) is 12.9. The third-order valence-electron chi connectivity index (χ3n) is 7.06. The molecule has 2 atom stereocenters. The van der Waals surface area contributed by atoms with E-state index in [1.807, 2.05) is 12.1 Å². The Morgan fingerprint density at radius 2 is 1.53 bits per heavy atom. The molecule has 3 aromatic carbocycles. The number of aliphatic imine (C=N–C) groups is 1. The average Bonchev–Trinajstić information content (AvgIpc) is 2.95. The van der Waals surface area contributed by atoms with Gasteiger partial charge in [-0.3, -0.25) is 19.8 Å². The summed E-state index contributed by atoms with van der Waals surface area (Å²) >= 11 is 6.09. The fourth-order valence-corrected chi connectivity index (χ4v) is 5.33. The van der Waals surface area contributed by atoms with Crippen molar-refractivity contribution in [1.29, 1.82) is 0 Å². The van der Waals surface area contributed by atoms with Crippen molar-refractivity contribution in [2.45, 2.75) is 19.0 Å². The maximum atomic E-state index is 13.2. The van der Waals surface area contributed by atoms with Gasteiger partial charge in [-0.1, -0.05) is 84.4 Å². The molecule has 0 saturated carbocycles. The molecular weight excluding hydrogens is 500 g/mol. The molecule has 5 rings (SSSR count). The summed E-state index contributed by atoms with van der Waals surface area (Å²) in [5.41, 5.74) is 3.23. The molecule has 8 heteroatoms. The van der Waals surface area contributed by atoms with E-state index in [9.17, 15) is 9.59 Å². The van der Waals surface area contributed by atoms with E-state index >= 15 is 0 Å². The van der Waals surface area contributed by atoms with Crippen molar-refractivity contribution < 1.29 is 14.3 Å². The van der Waals surface area contributed by atoms with Crippen LogP contribution >= 0.6 is 11.6 Å². The summed E-state index contributed by atoms with van der Waals surface area (Å²) in [6.07, 6.45) is 0. The van der Waals surface area contributed by atoms with Gasteiger partial charge in [0.2, 0.25) is 11.9 Å². The van der Waals surface area contributed by atoms with Crippen molar-refractivity contribution in [1.82, 2.24) is 15.1 Å². The highest BCUT2D eigenvalue weighted by molar-refractivity contribution is 6.30. The average molecular weight is 531 g/mol. The van der Waals surface area contributed by atoms with E-state index in [0.717, 1.165) is 18.7 Å². The molecule has 0 bridgehead atoms. The summed E-state index contributed by atoms with van der Waals surface area (Å²) in [7, 11) is 0. The molecule has 1 N–H and O–H groups in total. The second-order valence-corrected chi connectivity index (χ2v) is 9.85. The highest BCUT2D eigenvalue weighted by Crippen LogP contribution is 2.33. The second-order valence-electron chi connectivity index (χ2n) is 9.41. The number of carbonyl (C=O) groups is 2. The first-order valence-corrected chi connectivity index (χ1v) is 13.3. The van der Waals surface area contributed by atoms with Gasteiger partial charge in [0, 0.05) is 31.2 Å². The Hall–Kier alpha value is -3.68. The zero-order valence-corrected chi connectivity index (χ0v) is 22.1. The minimum absolute atomic E-state index is 0.137. The molecule has 1 saturated heterocycles. The number of guanidine groups is 1. The number of piperazine rings is 1. The Morgan fingerprint density at radius 1 is 0.947 bits per heavy atom. The number of hydrogen-bond acceptors (Lipinski definition) is 6. The molecule has 2 aliphatic rings. The molecule has 7 nitrogen and oxygen atoms in total. The summed E-state index contributed by atoms with van der Waals surface area (Å²) in [5.74, 6) is -1.54. The van der Waals surface area contributed by atoms with E-state index in [1.54, 1.807) is 31.2 Å². The van der Waals surface area contributed by atoms with Crippen LogP contribution in [0.1, 0.15) is 35.7 Å². The fraction of sp³-hybridized carbons (Fsp3) is 0.300. The Labute approximate surface area is 228 Å².